The minimum Gasteiger partial charge on any atom is -0.399 e. The summed E-state index contributed by atoms with van der Waals surface area (Å²) >= 11 is 0. The van der Waals surface area contributed by atoms with Crippen molar-refractivity contribution in [2.24, 2.45) is 7.05 Å². The number of halogens is 1. The zero-order chi connectivity index (χ0) is 14.1. The van der Waals surface area contributed by atoms with Crippen LogP contribution in [0, 0.1) is 5.82 Å². The van der Waals surface area contributed by atoms with E-state index in [0.717, 1.165) is 5.56 Å². The zero-order valence-corrected chi connectivity index (χ0v) is 10.9. The van der Waals surface area contributed by atoms with Crippen molar-refractivity contribution >= 4 is 5.69 Å². The summed E-state index contributed by atoms with van der Waals surface area (Å²) in [4.78, 5) is 4.41. The molecule has 0 saturated carbocycles. The average Bonchev–Trinajstić information content (AvgIpc) is 2.84. The Morgan fingerprint density at radius 2 is 1.85 bits per heavy atom. The lowest BCUT2D eigenvalue weighted by molar-refractivity contribution is 0.627. The van der Waals surface area contributed by atoms with Crippen LogP contribution in [0.1, 0.15) is 0 Å². The van der Waals surface area contributed by atoms with Crippen molar-refractivity contribution in [1.82, 2.24) is 14.8 Å². The third-order valence-corrected chi connectivity index (χ3v) is 3.03. The molecule has 20 heavy (non-hydrogen) atoms. The molecule has 100 valence electrons. The van der Waals surface area contributed by atoms with Crippen molar-refractivity contribution in [3.05, 3.63) is 54.3 Å². The van der Waals surface area contributed by atoms with E-state index in [2.05, 4.69) is 10.1 Å². The van der Waals surface area contributed by atoms with Crippen LogP contribution in [0.15, 0.2) is 48.5 Å². The lowest BCUT2D eigenvalue weighted by Crippen LogP contribution is -1.97. The number of rotatable bonds is 2. The quantitative estimate of drug-likeness (QED) is 0.727. The molecule has 2 aromatic carbocycles. The molecule has 0 unspecified atom stereocenters. The maximum Gasteiger partial charge on any atom is 0.181 e. The summed E-state index contributed by atoms with van der Waals surface area (Å²) in [5.74, 6) is 0.646. The summed E-state index contributed by atoms with van der Waals surface area (Å²) in [6.07, 6.45) is 0. The molecule has 0 aliphatic heterocycles. The molecule has 0 aliphatic rings. The highest BCUT2D eigenvalue weighted by atomic mass is 19.1. The maximum atomic E-state index is 13.9. The van der Waals surface area contributed by atoms with Crippen molar-refractivity contribution in [2.75, 3.05) is 5.73 Å². The Morgan fingerprint density at radius 3 is 2.60 bits per heavy atom. The van der Waals surface area contributed by atoms with Crippen molar-refractivity contribution in [2.45, 2.75) is 0 Å². The Kier molecular flexibility index (Phi) is 2.95. The van der Waals surface area contributed by atoms with Gasteiger partial charge in [0.2, 0.25) is 0 Å². The second kappa shape index (κ2) is 4.77. The first-order valence-electron chi connectivity index (χ1n) is 6.17. The lowest BCUT2D eigenvalue weighted by atomic mass is 10.1. The van der Waals surface area contributed by atoms with Crippen LogP contribution in [-0.2, 0) is 7.05 Å². The van der Waals surface area contributed by atoms with Gasteiger partial charge in [-0.3, -0.25) is 0 Å². The standard InChI is InChI=1S/C15H13FN4/c1-20-15(12-9-11(17)7-8-13(12)16)18-14(19-20)10-5-3-2-4-6-10/h2-9H,17H2,1H3. The average molecular weight is 268 g/mol. The molecular formula is C15H13FN4. The van der Waals surface area contributed by atoms with Gasteiger partial charge in [0, 0.05) is 18.3 Å². The molecular weight excluding hydrogens is 255 g/mol. The van der Waals surface area contributed by atoms with E-state index in [0.29, 0.717) is 22.9 Å². The van der Waals surface area contributed by atoms with Crippen LogP contribution in [0.4, 0.5) is 10.1 Å². The fourth-order valence-corrected chi connectivity index (χ4v) is 2.04. The van der Waals surface area contributed by atoms with Crippen LogP contribution in [0.2, 0.25) is 0 Å². The van der Waals surface area contributed by atoms with Gasteiger partial charge in [0.25, 0.3) is 0 Å². The second-order valence-electron chi connectivity index (χ2n) is 4.49. The minimum atomic E-state index is -0.366. The molecule has 0 aliphatic carbocycles. The molecule has 0 spiro atoms. The third-order valence-electron chi connectivity index (χ3n) is 3.03. The van der Waals surface area contributed by atoms with Gasteiger partial charge >= 0.3 is 0 Å². The molecule has 0 fully saturated rings. The van der Waals surface area contributed by atoms with Gasteiger partial charge in [-0.15, -0.1) is 0 Å². The Bertz CT molecular complexity index is 750. The molecule has 3 aromatic rings. The Labute approximate surface area is 115 Å². The molecule has 0 amide bonds. The fourth-order valence-electron chi connectivity index (χ4n) is 2.04. The molecule has 2 N–H and O–H groups in total. The Hall–Kier alpha value is -2.69. The summed E-state index contributed by atoms with van der Waals surface area (Å²) in [6, 6.07) is 14.0. The Morgan fingerprint density at radius 1 is 1.10 bits per heavy atom. The Balaban J connectivity index is 2.12. The first-order chi connectivity index (χ1) is 9.65. The van der Waals surface area contributed by atoms with Crippen molar-refractivity contribution < 1.29 is 4.39 Å². The molecule has 0 radical (unpaired) electrons. The van der Waals surface area contributed by atoms with Gasteiger partial charge in [0.15, 0.2) is 11.6 Å². The predicted molar refractivity (Wildman–Crippen MR) is 76.2 cm³/mol. The van der Waals surface area contributed by atoms with E-state index in [1.807, 2.05) is 30.3 Å². The summed E-state index contributed by atoms with van der Waals surface area (Å²) < 4.78 is 15.5. The van der Waals surface area contributed by atoms with Crippen LogP contribution in [0.25, 0.3) is 22.8 Å². The number of aryl methyl sites for hydroxylation is 1. The van der Waals surface area contributed by atoms with Gasteiger partial charge in [0.05, 0.1) is 5.56 Å². The van der Waals surface area contributed by atoms with Crippen LogP contribution < -0.4 is 5.73 Å². The maximum absolute atomic E-state index is 13.9. The number of anilines is 1. The van der Waals surface area contributed by atoms with Gasteiger partial charge in [-0.1, -0.05) is 30.3 Å². The van der Waals surface area contributed by atoms with E-state index >= 15 is 0 Å². The molecule has 1 aromatic heterocycles. The van der Waals surface area contributed by atoms with Crippen LogP contribution in [0.5, 0.6) is 0 Å². The number of aromatic nitrogens is 3. The first-order valence-corrected chi connectivity index (χ1v) is 6.17. The number of hydrogen-bond donors (Lipinski definition) is 1. The zero-order valence-electron chi connectivity index (χ0n) is 10.9. The van der Waals surface area contributed by atoms with Gasteiger partial charge < -0.3 is 5.73 Å². The molecule has 0 atom stereocenters. The number of nitrogens with two attached hydrogens (primary N) is 1. The SMILES string of the molecule is Cn1nc(-c2ccccc2)nc1-c1cc(N)ccc1F. The molecule has 3 rings (SSSR count). The van der Waals surface area contributed by atoms with Crippen LogP contribution >= 0.6 is 0 Å². The molecule has 0 saturated heterocycles. The molecule has 4 nitrogen and oxygen atoms in total. The highest BCUT2D eigenvalue weighted by molar-refractivity contribution is 5.65. The number of nitrogen functional groups attached to an aromatic ring is 1. The number of nitrogens with zero attached hydrogens (tertiary/aromatic N) is 3. The molecule has 1 heterocycles. The lowest BCUT2D eigenvalue weighted by Gasteiger charge is -2.02. The van der Waals surface area contributed by atoms with Gasteiger partial charge in [0.1, 0.15) is 5.82 Å². The number of hydrogen-bond acceptors (Lipinski definition) is 3. The summed E-state index contributed by atoms with van der Waals surface area (Å²) in [7, 11) is 1.73. The second-order valence-corrected chi connectivity index (χ2v) is 4.49. The summed E-state index contributed by atoms with van der Waals surface area (Å²) in [5, 5.41) is 4.33. The summed E-state index contributed by atoms with van der Waals surface area (Å²) in [5.41, 5.74) is 7.44. The predicted octanol–water partition coefficient (Wildman–Crippen LogP) is 2.87. The van der Waals surface area contributed by atoms with Crippen LogP contribution in [-0.4, -0.2) is 14.8 Å². The van der Waals surface area contributed by atoms with Gasteiger partial charge in [-0.25, -0.2) is 14.1 Å². The van der Waals surface area contributed by atoms with Crippen molar-refractivity contribution in [1.29, 1.82) is 0 Å². The van der Waals surface area contributed by atoms with E-state index < -0.39 is 0 Å². The smallest absolute Gasteiger partial charge is 0.181 e. The van der Waals surface area contributed by atoms with Gasteiger partial charge in [-0.2, -0.15) is 5.10 Å². The van der Waals surface area contributed by atoms with E-state index in [1.54, 1.807) is 17.8 Å². The van der Waals surface area contributed by atoms with Gasteiger partial charge in [-0.05, 0) is 18.2 Å². The van der Waals surface area contributed by atoms with E-state index in [-0.39, 0.29) is 5.82 Å². The highest BCUT2D eigenvalue weighted by Crippen LogP contribution is 2.25. The number of benzene rings is 2. The van der Waals surface area contributed by atoms with Crippen molar-refractivity contribution in [3.8, 4) is 22.8 Å². The monoisotopic (exact) mass is 268 g/mol. The normalized spacial score (nSPS) is 10.7. The fraction of sp³-hybridized carbons (Fsp3) is 0.0667. The van der Waals surface area contributed by atoms with E-state index in [4.69, 9.17) is 5.73 Å². The van der Waals surface area contributed by atoms with E-state index in [1.165, 1.54) is 12.1 Å². The topological polar surface area (TPSA) is 56.7 Å². The van der Waals surface area contributed by atoms with Crippen LogP contribution in [0.3, 0.4) is 0 Å². The highest BCUT2D eigenvalue weighted by Gasteiger charge is 2.14. The van der Waals surface area contributed by atoms with Crippen molar-refractivity contribution in [3.63, 3.8) is 0 Å². The molecule has 0 bridgehead atoms. The largest absolute Gasteiger partial charge is 0.399 e. The molecule has 5 heteroatoms. The third kappa shape index (κ3) is 2.14. The van der Waals surface area contributed by atoms with E-state index in [9.17, 15) is 4.39 Å². The minimum absolute atomic E-state index is 0.349. The summed E-state index contributed by atoms with van der Waals surface area (Å²) in [6.45, 7) is 0. The first kappa shape index (κ1) is 12.3.